The van der Waals surface area contributed by atoms with Gasteiger partial charge < -0.3 is 20.1 Å². The van der Waals surface area contributed by atoms with Gasteiger partial charge in [0, 0.05) is 24.3 Å². The maximum absolute atomic E-state index is 12.3. The highest BCUT2D eigenvalue weighted by molar-refractivity contribution is 6.08. The Morgan fingerprint density at radius 2 is 2.00 bits per heavy atom. The van der Waals surface area contributed by atoms with Crippen molar-refractivity contribution in [2.45, 2.75) is 58.6 Å². The van der Waals surface area contributed by atoms with E-state index in [2.05, 4.69) is 4.99 Å². The molecule has 0 spiro atoms. The van der Waals surface area contributed by atoms with E-state index >= 15 is 0 Å². The van der Waals surface area contributed by atoms with E-state index in [-0.39, 0.29) is 18.8 Å². The number of hydrogen-bond acceptors (Lipinski definition) is 6. The Labute approximate surface area is 142 Å². The van der Waals surface area contributed by atoms with E-state index < -0.39 is 17.7 Å². The van der Waals surface area contributed by atoms with Crippen LogP contribution in [0.3, 0.4) is 0 Å². The molecule has 0 aromatic carbocycles. The molecular formula is C17H27N3O4. The molecule has 2 fully saturated rings. The summed E-state index contributed by atoms with van der Waals surface area (Å²) in [6.45, 7) is 8.14. The van der Waals surface area contributed by atoms with Crippen molar-refractivity contribution in [3.8, 4) is 0 Å². The van der Waals surface area contributed by atoms with Crippen LogP contribution in [0, 0.1) is 0 Å². The summed E-state index contributed by atoms with van der Waals surface area (Å²) in [6.07, 6.45) is 2.27. The third-order valence-corrected chi connectivity index (χ3v) is 3.67. The normalized spacial score (nSPS) is 22.3. The van der Waals surface area contributed by atoms with Gasteiger partial charge in [-0.05, 0) is 40.5 Å². The monoisotopic (exact) mass is 337 g/mol. The van der Waals surface area contributed by atoms with E-state index in [0.717, 1.165) is 18.6 Å². The summed E-state index contributed by atoms with van der Waals surface area (Å²) in [7, 11) is 0. The van der Waals surface area contributed by atoms with Gasteiger partial charge in [0.25, 0.3) is 0 Å². The molecule has 2 N–H and O–H groups in total. The van der Waals surface area contributed by atoms with Crippen LogP contribution < -0.4 is 5.73 Å². The number of nitrogens with zero attached hydrogens (tertiary/aromatic N) is 2. The van der Waals surface area contributed by atoms with Gasteiger partial charge in [0.15, 0.2) is 0 Å². The number of nitrogens with two attached hydrogens (primary N) is 1. The van der Waals surface area contributed by atoms with Crippen LogP contribution in [0.5, 0.6) is 0 Å². The molecule has 0 aromatic rings. The van der Waals surface area contributed by atoms with E-state index in [1.807, 2.05) is 20.8 Å². The van der Waals surface area contributed by atoms with Crippen LogP contribution in [0.25, 0.3) is 0 Å². The molecular weight excluding hydrogens is 310 g/mol. The molecule has 0 atom stereocenters. The number of carbonyl (C=O) groups excluding carboxylic acids is 2. The fourth-order valence-electron chi connectivity index (χ4n) is 2.37. The van der Waals surface area contributed by atoms with Crippen molar-refractivity contribution in [2.24, 2.45) is 10.7 Å². The zero-order chi connectivity index (χ0) is 17.9. The molecule has 134 valence electrons. The van der Waals surface area contributed by atoms with E-state index in [4.69, 9.17) is 15.2 Å². The first kappa shape index (κ1) is 18.3. The van der Waals surface area contributed by atoms with Crippen LogP contribution in [0.15, 0.2) is 16.3 Å². The smallest absolute Gasteiger partial charge is 0.410 e. The molecule has 1 aliphatic heterocycles. The zero-order valence-electron chi connectivity index (χ0n) is 14.9. The Morgan fingerprint density at radius 3 is 2.54 bits per heavy atom. The number of piperidine rings is 1. The maximum Gasteiger partial charge on any atom is 0.410 e. The van der Waals surface area contributed by atoms with E-state index in [1.54, 1.807) is 11.8 Å². The van der Waals surface area contributed by atoms with Gasteiger partial charge in [0.05, 0.1) is 19.2 Å². The second-order valence-electron chi connectivity index (χ2n) is 7.07. The van der Waals surface area contributed by atoms with Crippen molar-refractivity contribution in [3.63, 3.8) is 0 Å². The van der Waals surface area contributed by atoms with Crippen LogP contribution in [0.1, 0.15) is 47.0 Å². The predicted molar refractivity (Wildman–Crippen MR) is 90.7 cm³/mol. The summed E-state index contributed by atoms with van der Waals surface area (Å²) in [6, 6.07) is 0.318. The number of likely N-dealkylation sites (tertiary alicyclic amines) is 1. The number of hydrogen-bond donors (Lipinski definition) is 1. The van der Waals surface area contributed by atoms with Crippen molar-refractivity contribution >= 4 is 17.8 Å². The Morgan fingerprint density at radius 1 is 1.33 bits per heavy atom. The van der Waals surface area contributed by atoms with Gasteiger partial charge in [-0.3, -0.25) is 4.99 Å². The maximum atomic E-state index is 12.3. The Balaban J connectivity index is 2.21. The van der Waals surface area contributed by atoms with Crippen molar-refractivity contribution in [1.82, 2.24) is 4.90 Å². The highest BCUT2D eigenvalue weighted by Gasteiger charge is 2.32. The third kappa shape index (κ3) is 4.97. The molecule has 24 heavy (non-hydrogen) atoms. The van der Waals surface area contributed by atoms with Crippen molar-refractivity contribution < 1.29 is 19.1 Å². The molecule has 1 saturated carbocycles. The lowest BCUT2D eigenvalue weighted by Crippen LogP contribution is -2.44. The average Bonchev–Trinajstić information content (AvgIpc) is 3.29. The predicted octanol–water partition coefficient (Wildman–Crippen LogP) is 2.01. The van der Waals surface area contributed by atoms with E-state index in [9.17, 15) is 9.59 Å². The molecule has 7 nitrogen and oxygen atoms in total. The van der Waals surface area contributed by atoms with Crippen LogP contribution in [-0.4, -0.2) is 54.0 Å². The molecule has 2 rings (SSSR count). The van der Waals surface area contributed by atoms with Crippen LogP contribution in [0.2, 0.25) is 0 Å². The standard InChI is InChI=1S/C17H27N3O4/c1-5-23-15(21)14(18)12-10-20(16(22)24-17(2,3)4)9-8-13(12)19-11-6-7-11/h11H,5-10,18H2,1-4H3/b14-12-,19-13?. The summed E-state index contributed by atoms with van der Waals surface area (Å²) in [5, 5.41) is 0. The molecule has 0 unspecified atom stereocenters. The van der Waals surface area contributed by atoms with Crippen molar-refractivity contribution in [3.05, 3.63) is 11.3 Å². The van der Waals surface area contributed by atoms with Gasteiger partial charge in [0.1, 0.15) is 11.3 Å². The second kappa shape index (κ2) is 7.23. The van der Waals surface area contributed by atoms with Gasteiger partial charge in [-0.1, -0.05) is 0 Å². The Hall–Kier alpha value is -2.05. The number of amides is 1. The number of esters is 1. The van der Waals surface area contributed by atoms with Crippen LogP contribution >= 0.6 is 0 Å². The summed E-state index contributed by atoms with van der Waals surface area (Å²) >= 11 is 0. The van der Waals surface area contributed by atoms with Gasteiger partial charge in [0.2, 0.25) is 0 Å². The van der Waals surface area contributed by atoms with E-state index in [1.165, 1.54) is 0 Å². The van der Waals surface area contributed by atoms with E-state index in [0.29, 0.717) is 24.6 Å². The van der Waals surface area contributed by atoms with Crippen molar-refractivity contribution in [1.29, 1.82) is 0 Å². The fourth-order valence-corrected chi connectivity index (χ4v) is 2.37. The minimum atomic E-state index is -0.573. The van der Waals surface area contributed by atoms with Gasteiger partial charge >= 0.3 is 12.1 Å². The number of aliphatic imine (C=N–C) groups is 1. The Kier molecular flexibility index (Phi) is 5.51. The lowest BCUT2D eigenvalue weighted by Gasteiger charge is -2.32. The first-order chi connectivity index (χ1) is 11.2. The average molecular weight is 337 g/mol. The molecule has 1 amide bonds. The van der Waals surface area contributed by atoms with Crippen molar-refractivity contribution in [2.75, 3.05) is 19.7 Å². The van der Waals surface area contributed by atoms with Crippen LogP contribution in [0.4, 0.5) is 4.79 Å². The fraction of sp³-hybridized carbons (Fsp3) is 0.706. The minimum absolute atomic E-state index is 0.0320. The molecule has 0 radical (unpaired) electrons. The highest BCUT2D eigenvalue weighted by Crippen LogP contribution is 2.27. The highest BCUT2D eigenvalue weighted by atomic mass is 16.6. The molecule has 7 heteroatoms. The zero-order valence-corrected chi connectivity index (χ0v) is 14.9. The number of carbonyl (C=O) groups is 2. The van der Waals surface area contributed by atoms with Gasteiger partial charge in [-0.25, -0.2) is 9.59 Å². The summed E-state index contributed by atoms with van der Waals surface area (Å²) < 4.78 is 10.4. The summed E-state index contributed by atoms with van der Waals surface area (Å²) in [4.78, 5) is 30.5. The van der Waals surface area contributed by atoms with Crippen LogP contribution in [-0.2, 0) is 14.3 Å². The topological polar surface area (TPSA) is 94.2 Å². The molecule has 1 saturated heterocycles. The number of rotatable bonds is 3. The molecule has 1 heterocycles. The lowest BCUT2D eigenvalue weighted by atomic mass is 10.00. The molecule has 1 aliphatic carbocycles. The molecule has 0 bridgehead atoms. The Bertz CT molecular complexity index is 571. The SMILES string of the molecule is CCOC(=O)/C(N)=C1\CN(C(=O)OC(C)(C)C)CCC1=NC1CC1. The number of ether oxygens (including phenoxy) is 2. The largest absolute Gasteiger partial charge is 0.461 e. The van der Waals surface area contributed by atoms with Gasteiger partial charge in [-0.15, -0.1) is 0 Å². The molecule has 2 aliphatic rings. The lowest BCUT2D eigenvalue weighted by molar-refractivity contribution is -0.138. The molecule has 0 aromatic heterocycles. The second-order valence-corrected chi connectivity index (χ2v) is 7.07. The first-order valence-electron chi connectivity index (χ1n) is 8.42. The minimum Gasteiger partial charge on any atom is -0.461 e. The first-order valence-corrected chi connectivity index (χ1v) is 8.42. The summed E-state index contributed by atoms with van der Waals surface area (Å²) in [5.74, 6) is -0.568. The summed E-state index contributed by atoms with van der Waals surface area (Å²) in [5.41, 5.74) is 6.85. The third-order valence-electron chi connectivity index (χ3n) is 3.67. The quantitative estimate of drug-likeness (QED) is 0.628. The van der Waals surface area contributed by atoms with Gasteiger partial charge in [-0.2, -0.15) is 0 Å².